The van der Waals surface area contributed by atoms with Gasteiger partial charge in [0, 0.05) is 6.42 Å². The van der Waals surface area contributed by atoms with Crippen molar-refractivity contribution in [1.29, 1.82) is 0 Å². The summed E-state index contributed by atoms with van der Waals surface area (Å²) in [6.07, 6.45) is 14.6. The van der Waals surface area contributed by atoms with Crippen molar-refractivity contribution in [2.75, 3.05) is 13.2 Å². The van der Waals surface area contributed by atoms with Gasteiger partial charge in [-0.1, -0.05) is 49.5 Å². The third-order valence-electron chi connectivity index (χ3n) is 6.97. The van der Waals surface area contributed by atoms with E-state index in [1.54, 1.807) is 19.9 Å². The van der Waals surface area contributed by atoms with Crippen LogP contribution in [0.2, 0.25) is 0 Å². The Labute approximate surface area is 181 Å². The minimum Gasteiger partial charge on any atom is -0.393 e. The van der Waals surface area contributed by atoms with Crippen LogP contribution in [0, 0.1) is 11.3 Å². The SMILES string of the molecule is C=C1C(=CC=C2CCC[C@]3(C)C(COC/C=C\C(C)(C)O)=CC[C@@H]23)C[C@@H](O)C[C@@H]1O. The highest BCUT2D eigenvalue weighted by atomic mass is 16.5. The maximum Gasteiger partial charge on any atom is 0.0811 e. The van der Waals surface area contributed by atoms with Crippen LogP contribution in [0.3, 0.4) is 0 Å². The number of rotatable bonds is 6. The maximum absolute atomic E-state index is 10.1. The van der Waals surface area contributed by atoms with E-state index in [4.69, 9.17) is 4.74 Å². The number of fused-ring (bicyclic) bond motifs is 1. The third kappa shape index (κ3) is 5.42. The molecule has 0 amide bonds. The van der Waals surface area contributed by atoms with Gasteiger partial charge in [-0.15, -0.1) is 0 Å². The van der Waals surface area contributed by atoms with Gasteiger partial charge in [-0.25, -0.2) is 0 Å². The molecule has 4 nitrogen and oxygen atoms in total. The smallest absolute Gasteiger partial charge is 0.0811 e. The molecule has 0 saturated heterocycles. The summed E-state index contributed by atoms with van der Waals surface area (Å²) in [5.41, 5.74) is 3.87. The molecule has 30 heavy (non-hydrogen) atoms. The van der Waals surface area contributed by atoms with Gasteiger partial charge in [-0.3, -0.25) is 0 Å². The zero-order valence-electron chi connectivity index (χ0n) is 18.7. The van der Waals surface area contributed by atoms with E-state index in [1.807, 2.05) is 6.08 Å². The molecule has 0 radical (unpaired) electrons. The van der Waals surface area contributed by atoms with Crippen molar-refractivity contribution in [2.45, 2.75) is 77.1 Å². The Balaban J connectivity index is 1.65. The summed E-state index contributed by atoms with van der Waals surface area (Å²) < 4.78 is 5.89. The van der Waals surface area contributed by atoms with Crippen LogP contribution in [0.4, 0.5) is 0 Å². The van der Waals surface area contributed by atoms with Crippen LogP contribution < -0.4 is 0 Å². The number of aliphatic hydroxyl groups is 3. The fourth-order valence-electron chi connectivity index (χ4n) is 5.17. The van der Waals surface area contributed by atoms with Gasteiger partial charge in [0.15, 0.2) is 0 Å². The molecule has 0 aromatic rings. The van der Waals surface area contributed by atoms with Crippen molar-refractivity contribution in [1.82, 2.24) is 0 Å². The Bertz CT molecular complexity index is 764. The molecular formula is C26H38O4. The van der Waals surface area contributed by atoms with Crippen LogP contribution in [0.25, 0.3) is 0 Å². The van der Waals surface area contributed by atoms with Crippen molar-refractivity contribution in [3.05, 3.63) is 59.3 Å². The fourth-order valence-corrected chi connectivity index (χ4v) is 5.17. The van der Waals surface area contributed by atoms with E-state index < -0.39 is 17.8 Å². The lowest BCUT2D eigenvalue weighted by Gasteiger charge is -2.41. The molecule has 0 heterocycles. The number of allylic oxidation sites excluding steroid dienone is 4. The average Bonchev–Trinajstić information content (AvgIpc) is 2.99. The molecule has 2 fully saturated rings. The minimum absolute atomic E-state index is 0.130. The van der Waals surface area contributed by atoms with Crippen molar-refractivity contribution in [3.8, 4) is 0 Å². The first-order valence-corrected chi connectivity index (χ1v) is 11.2. The number of hydrogen-bond donors (Lipinski definition) is 3. The van der Waals surface area contributed by atoms with E-state index in [-0.39, 0.29) is 5.41 Å². The topological polar surface area (TPSA) is 69.9 Å². The van der Waals surface area contributed by atoms with Gasteiger partial charge in [-0.2, -0.15) is 0 Å². The van der Waals surface area contributed by atoms with Crippen LogP contribution >= 0.6 is 0 Å². The zero-order chi connectivity index (χ0) is 21.9. The lowest BCUT2D eigenvalue weighted by molar-refractivity contribution is 0.0862. The summed E-state index contributed by atoms with van der Waals surface area (Å²) in [6.45, 7) is 11.0. The van der Waals surface area contributed by atoms with E-state index in [9.17, 15) is 15.3 Å². The highest BCUT2D eigenvalue weighted by Gasteiger charge is 2.44. The molecule has 3 aliphatic carbocycles. The second kappa shape index (κ2) is 9.35. The second-order valence-corrected chi connectivity index (χ2v) is 9.93. The summed E-state index contributed by atoms with van der Waals surface area (Å²) in [7, 11) is 0. The molecule has 4 atom stereocenters. The molecule has 4 heteroatoms. The van der Waals surface area contributed by atoms with E-state index in [0.717, 1.165) is 30.4 Å². The van der Waals surface area contributed by atoms with Crippen LogP contribution in [-0.4, -0.2) is 46.3 Å². The van der Waals surface area contributed by atoms with Gasteiger partial charge >= 0.3 is 0 Å². The molecule has 3 aliphatic rings. The molecule has 0 aromatic carbocycles. The highest BCUT2D eigenvalue weighted by molar-refractivity contribution is 5.40. The summed E-state index contributed by atoms with van der Waals surface area (Å²) in [6, 6.07) is 0. The van der Waals surface area contributed by atoms with Gasteiger partial charge in [-0.05, 0) is 74.0 Å². The van der Waals surface area contributed by atoms with Crippen molar-refractivity contribution < 1.29 is 20.1 Å². The molecular weight excluding hydrogens is 376 g/mol. The fraction of sp³-hybridized carbons (Fsp3) is 0.615. The first-order chi connectivity index (χ1) is 14.1. The first kappa shape index (κ1) is 23.2. The Morgan fingerprint density at radius 1 is 1.30 bits per heavy atom. The van der Waals surface area contributed by atoms with Crippen LogP contribution in [0.5, 0.6) is 0 Å². The van der Waals surface area contributed by atoms with E-state index >= 15 is 0 Å². The Morgan fingerprint density at radius 3 is 2.80 bits per heavy atom. The van der Waals surface area contributed by atoms with Crippen LogP contribution in [0.15, 0.2) is 59.3 Å². The minimum atomic E-state index is -0.805. The number of hydrogen-bond acceptors (Lipinski definition) is 4. The van der Waals surface area contributed by atoms with E-state index in [2.05, 4.69) is 31.7 Å². The predicted octanol–water partition coefficient (Wildman–Crippen LogP) is 4.39. The maximum atomic E-state index is 10.1. The quantitative estimate of drug-likeness (QED) is 0.445. The second-order valence-electron chi connectivity index (χ2n) is 9.93. The van der Waals surface area contributed by atoms with Crippen LogP contribution in [-0.2, 0) is 4.74 Å². The first-order valence-electron chi connectivity index (χ1n) is 11.2. The summed E-state index contributed by atoms with van der Waals surface area (Å²) >= 11 is 0. The lowest BCUT2D eigenvalue weighted by Crippen LogP contribution is -2.32. The summed E-state index contributed by atoms with van der Waals surface area (Å²) in [5.74, 6) is 0.486. The van der Waals surface area contributed by atoms with Gasteiger partial charge in [0.2, 0.25) is 0 Å². The monoisotopic (exact) mass is 414 g/mol. The zero-order valence-corrected chi connectivity index (χ0v) is 18.7. The molecule has 0 unspecified atom stereocenters. The number of aliphatic hydroxyl groups excluding tert-OH is 2. The average molecular weight is 415 g/mol. The predicted molar refractivity (Wildman–Crippen MR) is 121 cm³/mol. The molecule has 0 bridgehead atoms. The van der Waals surface area contributed by atoms with Gasteiger partial charge in [0.1, 0.15) is 0 Å². The Morgan fingerprint density at radius 2 is 2.07 bits per heavy atom. The lowest BCUT2D eigenvalue weighted by atomic mass is 9.64. The highest BCUT2D eigenvalue weighted by Crippen LogP contribution is 2.54. The van der Waals surface area contributed by atoms with E-state index in [0.29, 0.717) is 32.0 Å². The van der Waals surface area contributed by atoms with Gasteiger partial charge in [0.25, 0.3) is 0 Å². The van der Waals surface area contributed by atoms with Gasteiger partial charge in [0.05, 0.1) is 31.0 Å². The molecule has 0 aliphatic heterocycles. The van der Waals surface area contributed by atoms with Crippen molar-refractivity contribution in [2.24, 2.45) is 11.3 Å². The standard InChI is InChI=1S/C26H38O4/c1-18-20(15-22(27)16-24(18)28)9-8-19-7-5-13-26(4)21(10-11-23(19)26)17-30-14-6-12-25(2,3)29/h6,8-10,12,22-24,27-29H,1,5,7,11,13-17H2,2-4H3/b12-6-,19-8?,20-9?/t22-,23+,24+,26-/m1/s1. The number of ether oxygens (including phenoxy) is 1. The molecule has 3 rings (SSSR count). The van der Waals surface area contributed by atoms with Crippen molar-refractivity contribution in [3.63, 3.8) is 0 Å². The largest absolute Gasteiger partial charge is 0.393 e. The van der Waals surface area contributed by atoms with E-state index in [1.165, 1.54) is 17.6 Å². The molecule has 0 aromatic heterocycles. The molecule has 0 spiro atoms. The van der Waals surface area contributed by atoms with Crippen LogP contribution in [0.1, 0.15) is 59.3 Å². The Hall–Kier alpha value is -1.46. The normalized spacial score (nSPS) is 35.3. The third-order valence-corrected chi connectivity index (χ3v) is 6.97. The molecule has 3 N–H and O–H groups in total. The van der Waals surface area contributed by atoms with Crippen molar-refractivity contribution >= 4 is 0 Å². The Kier molecular flexibility index (Phi) is 7.24. The summed E-state index contributed by atoms with van der Waals surface area (Å²) in [4.78, 5) is 0. The molecule has 166 valence electrons. The molecule has 2 saturated carbocycles. The summed E-state index contributed by atoms with van der Waals surface area (Å²) in [5, 5.41) is 29.8. The van der Waals surface area contributed by atoms with Gasteiger partial charge < -0.3 is 20.1 Å².